The highest BCUT2D eigenvalue weighted by molar-refractivity contribution is 5.19. The maximum atomic E-state index is 13.2. The van der Waals surface area contributed by atoms with Gasteiger partial charge in [-0.2, -0.15) is 9.65 Å². The van der Waals surface area contributed by atoms with Gasteiger partial charge >= 0.3 is 0 Å². The van der Waals surface area contributed by atoms with Crippen LogP contribution in [-0.4, -0.2) is 0 Å². The Labute approximate surface area is 160 Å². The predicted molar refractivity (Wildman–Crippen MR) is 103 cm³/mol. The quantitative estimate of drug-likeness (QED) is 0.254. The van der Waals surface area contributed by atoms with Gasteiger partial charge in [-0.15, -0.1) is 0 Å². The maximum Gasteiger partial charge on any atom is 0.199 e. The highest BCUT2D eigenvalue weighted by Crippen LogP contribution is 2.34. The molecule has 1 fully saturated rings. The van der Waals surface area contributed by atoms with Crippen LogP contribution < -0.4 is 0 Å². The first-order chi connectivity index (χ1) is 13.1. The Morgan fingerprint density at radius 2 is 1.74 bits per heavy atom. The number of halogens is 3. The molecule has 0 N–H and O–H groups in total. The Bertz CT molecular complexity index is 679. The second-order valence-electron chi connectivity index (χ2n) is 7.51. The smallest absolute Gasteiger partial charge is 0.199 e. The van der Waals surface area contributed by atoms with Crippen LogP contribution in [0.4, 0.5) is 13.2 Å². The van der Waals surface area contributed by atoms with E-state index in [1.165, 1.54) is 56.4 Å². The summed E-state index contributed by atoms with van der Waals surface area (Å²) in [6, 6.07) is 5.64. The summed E-state index contributed by atoms with van der Waals surface area (Å²) in [6.45, 7) is 0. The zero-order valence-corrected chi connectivity index (χ0v) is 15.8. The molecule has 27 heavy (non-hydrogen) atoms. The fourth-order valence-corrected chi connectivity index (χ4v) is 3.88. The molecular weight excluding hydrogens is 347 g/mol. The average Bonchev–Trinajstić information content (AvgIpc) is 2.68. The van der Waals surface area contributed by atoms with E-state index in [4.69, 9.17) is 5.26 Å². The summed E-state index contributed by atoms with van der Waals surface area (Å²) in [5.41, 5.74) is 0.871. The number of nitriles is 1. The van der Waals surface area contributed by atoms with Crippen molar-refractivity contribution in [2.75, 3.05) is 0 Å². The van der Waals surface area contributed by atoms with E-state index in [9.17, 15) is 13.2 Å². The molecule has 146 valence electrons. The van der Waals surface area contributed by atoms with Crippen molar-refractivity contribution in [1.29, 1.82) is 5.26 Å². The Hall–Kier alpha value is -2.02. The van der Waals surface area contributed by atoms with Gasteiger partial charge in [0.15, 0.2) is 17.5 Å². The van der Waals surface area contributed by atoms with E-state index < -0.39 is 17.5 Å². The highest BCUT2D eigenvalue weighted by atomic mass is 19.2. The van der Waals surface area contributed by atoms with Gasteiger partial charge in [0.2, 0.25) is 0 Å². The van der Waals surface area contributed by atoms with Gasteiger partial charge in [0.05, 0.1) is 0 Å². The Morgan fingerprint density at radius 1 is 1.04 bits per heavy atom. The second kappa shape index (κ2) is 11.6. The summed E-state index contributed by atoms with van der Waals surface area (Å²) in [6.07, 6.45) is 16.0. The van der Waals surface area contributed by atoms with Crippen molar-refractivity contribution in [3.8, 4) is 6.07 Å². The van der Waals surface area contributed by atoms with Crippen molar-refractivity contribution in [2.24, 2.45) is 11.8 Å². The number of unbranched alkanes of at least 4 members (excludes halogenated alkanes) is 1. The predicted octanol–water partition coefficient (Wildman–Crippen LogP) is 7.20. The molecule has 0 amide bonds. The molecule has 0 unspecified atom stereocenters. The molecule has 1 aliphatic carbocycles. The van der Waals surface area contributed by atoms with Gasteiger partial charge in [-0.05, 0) is 61.3 Å². The number of rotatable bonds is 9. The summed E-state index contributed by atoms with van der Waals surface area (Å²) < 4.78 is 38.7. The molecule has 0 radical (unpaired) electrons. The minimum Gasteiger partial charge on any atom is -0.204 e. The lowest BCUT2D eigenvalue weighted by Crippen LogP contribution is -2.14. The van der Waals surface area contributed by atoms with Gasteiger partial charge in [-0.1, -0.05) is 56.7 Å². The van der Waals surface area contributed by atoms with Crippen LogP contribution in [0, 0.1) is 34.8 Å². The summed E-state index contributed by atoms with van der Waals surface area (Å²) in [5.74, 6) is -0.757. The zero-order valence-electron chi connectivity index (χ0n) is 15.8. The number of allylic oxidation sites excluding steroid dienone is 4. The molecule has 0 saturated heterocycles. The van der Waals surface area contributed by atoms with Crippen molar-refractivity contribution in [1.82, 2.24) is 0 Å². The van der Waals surface area contributed by atoms with Gasteiger partial charge < -0.3 is 0 Å². The normalized spacial score (nSPS) is 20.7. The van der Waals surface area contributed by atoms with Crippen LogP contribution in [0.2, 0.25) is 0 Å². The first kappa shape index (κ1) is 21.3. The molecular formula is C23H28F3N. The third kappa shape index (κ3) is 8.03. The largest absolute Gasteiger partial charge is 0.204 e. The van der Waals surface area contributed by atoms with Crippen LogP contribution in [0.5, 0.6) is 0 Å². The van der Waals surface area contributed by atoms with Crippen LogP contribution in [0.25, 0.3) is 0 Å². The lowest BCUT2D eigenvalue weighted by molar-refractivity contribution is 0.250. The molecule has 0 aliphatic heterocycles. The van der Waals surface area contributed by atoms with Gasteiger partial charge in [-0.25, -0.2) is 8.78 Å². The molecule has 0 aromatic heterocycles. The molecule has 4 heteroatoms. The van der Waals surface area contributed by atoms with Crippen molar-refractivity contribution >= 4 is 0 Å². The van der Waals surface area contributed by atoms with Crippen LogP contribution in [-0.2, 0) is 6.42 Å². The lowest BCUT2D eigenvalue weighted by Gasteiger charge is -2.28. The van der Waals surface area contributed by atoms with Crippen molar-refractivity contribution in [2.45, 2.75) is 64.2 Å². The Kier molecular flexibility index (Phi) is 9.18. The molecule has 1 saturated carbocycles. The van der Waals surface area contributed by atoms with E-state index in [1.807, 2.05) is 6.08 Å². The monoisotopic (exact) mass is 375 g/mol. The van der Waals surface area contributed by atoms with E-state index in [1.54, 1.807) is 12.1 Å². The molecule has 2 rings (SSSR count). The van der Waals surface area contributed by atoms with Gasteiger partial charge in [0.1, 0.15) is 6.07 Å². The average molecular weight is 375 g/mol. The zero-order chi connectivity index (χ0) is 19.5. The Morgan fingerprint density at radius 3 is 2.41 bits per heavy atom. The van der Waals surface area contributed by atoms with Gasteiger partial charge in [-0.3, -0.25) is 0 Å². The third-order valence-corrected chi connectivity index (χ3v) is 5.51. The highest BCUT2D eigenvalue weighted by Gasteiger charge is 2.20. The summed E-state index contributed by atoms with van der Waals surface area (Å²) >= 11 is 0. The van der Waals surface area contributed by atoms with E-state index in [0.717, 1.165) is 49.5 Å². The summed E-state index contributed by atoms with van der Waals surface area (Å²) in [5, 5.41) is 8.32. The molecule has 1 aromatic rings. The van der Waals surface area contributed by atoms with E-state index in [-0.39, 0.29) is 0 Å². The van der Waals surface area contributed by atoms with Crippen molar-refractivity contribution < 1.29 is 13.2 Å². The molecule has 0 spiro atoms. The van der Waals surface area contributed by atoms with E-state index in [2.05, 4.69) is 0 Å². The second-order valence-corrected chi connectivity index (χ2v) is 7.51. The molecule has 0 heterocycles. The summed E-state index contributed by atoms with van der Waals surface area (Å²) in [4.78, 5) is 0. The van der Waals surface area contributed by atoms with Gasteiger partial charge in [0, 0.05) is 0 Å². The molecule has 1 aliphatic rings. The SMILES string of the molecule is N#C/C(F)=C/C=C/CCC1CCC(CCCCc2ccc(F)c(F)c2)CC1. The topological polar surface area (TPSA) is 23.8 Å². The van der Waals surface area contributed by atoms with Crippen LogP contribution in [0.15, 0.2) is 42.3 Å². The summed E-state index contributed by atoms with van der Waals surface area (Å²) in [7, 11) is 0. The van der Waals surface area contributed by atoms with Gasteiger partial charge in [0.25, 0.3) is 0 Å². The molecule has 1 nitrogen and oxygen atoms in total. The van der Waals surface area contributed by atoms with Crippen LogP contribution in [0.3, 0.4) is 0 Å². The number of hydrogen-bond acceptors (Lipinski definition) is 1. The molecule has 1 aromatic carbocycles. The van der Waals surface area contributed by atoms with E-state index >= 15 is 0 Å². The van der Waals surface area contributed by atoms with Crippen LogP contribution >= 0.6 is 0 Å². The fraction of sp³-hybridized carbons (Fsp3) is 0.522. The number of aryl methyl sites for hydroxylation is 1. The standard InChI is InChI=1S/C23H28F3N/c24-21(17-27)9-3-1-2-6-18-10-12-19(13-11-18)7-4-5-8-20-14-15-22(25)23(26)16-20/h1,3,9,14-16,18-19H,2,4-8,10-13H2/b3-1+,21-9-. The number of benzene rings is 1. The number of nitrogens with zero attached hydrogens (tertiary/aromatic N) is 1. The van der Waals surface area contributed by atoms with E-state index in [0.29, 0.717) is 0 Å². The minimum absolute atomic E-state index is 0.748. The van der Waals surface area contributed by atoms with Crippen molar-refractivity contribution in [3.63, 3.8) is 0 Å². The Balaban J connectivity index is 1.55. The van der Waals surface area contributed by atoms with Crippen LogP contribution in [0.1, 0.15) is 63.4 Å². The first-order valence-corrected chi connectivity index (χ1v) is 9.95. The number of hydrogen-bond donors (Lipinski definition) is 0. The third-order valence-electron chi connectivity index (χ3n) is 5.51. The molecule has 0 bridgehead atoms. The first-order valence-electron chi connectivity index (χ1n) is 9.95. The maximum absolute atomic E-state index is 13.2. The van der Waals surface area contributed by atoms with Crippen molar-refractivity contribution in [3.05, 3.63) is 59.5 Å². The lowest BCUT2D eigenvalue weighted by atomic mass is 9.78. The minimum atomic E-state index is -0.781. The fourth-order valence-electron chi connectivity index (χ4n) is 3.88. The molecule has 0 atom stereocenters.